The van der Waals surface area contributed by atoms with Gasteiger partial charge in [0.2, 0.25) is 10.0 Å². The van der Waals surface area contributed by atoms with Crippen molar-refractivity contribution in [2.24, 2.45) is 0 Å². The van der Waals surface area contributed by atoms with Crippen LogP contribution in [-0.2, 0) is 10.0 Å². The van der Waals surface area contributed by atoms with Crippen LogP contribution in [0.2, 0.25) is 0 Å². The molecule has 0 aromatic carbocycles. The molecule has 0 bridgehead atoms. The van der Waals surface area contributed by atoms with Crippen LogP contribution in [0.1, 0.15) is 30.8 Å². The fraction of sp³-hybridized carbons (Fsp3) is 0.714. The smallest absolute Gasteiger partial charge is 0.217 e. The van der Waals surface area contributed by atoms with Crippen molar-refractivity contribution in [3.8, 4) is 0 Å². The number of hydrogen-bond acceptors (Lipinski definition) is 5. The minimum atomic E-state index is -3.06. The molecule has 1 saturated heterocycles. The Morgan fingerprint density at radius 2 is 1.86 bits per heavy atom. The van der Waals surface area contributed by atoms with Crippen LogP contribution in [0.3, 0.4) is 0 Å². The first-order chi connectivity index (χ1) is 9.96. The van der Waals surface area contributed by atoms with Gasteiger partial charge in [-0.2, -0.15) is 4.31 Å². The molecule has 1 saturated carbocycles. The fourth-order valence-corrected chi connectivity index (χ4v) is 4.69. The summed E-state index contributed by atoms with van der Waals surface area (Å²) in [4.78, 5) is 10.9. The summed E-state index contributed by atoms with van der Waals surface area (Å²) in [5, 5.41) is -0.118. The van der Waals surface area contributed by atoms with Gasteiger partial charge in [-0.25, -0.2) is 18.4 Å². The van der Waals surface area contributed by atoms with Gasteiger partial charge < -0.3 is 4.90 Å². The van der Waals surface area contributed by atoms with Crippen LogP contribution in [0.25, 0.3) is 0 Å². The molecule has 1 aliphatic heterocycles. The average molecular weight is 310 g/mol. The summed E-state index contributed by atoms with van der Waals surface area (Å²) in [7, 11) is -3.06. The number of nitrogens with zero attached hydrogens (tertiary/aromatic N) is 4. The van der Waals surface area contributed by atoms with Crippen molar-refractivity contribution in [2.45, 2.75) is 38.4 Å². The molecule has 0 amide bonds. The molecule has 21 heavy (non-hydrogen) atoms. The van der Waals surface area contributed by atoms with E-state index in [-0.39, 0.29) is 5.25 Å². The van der Waals surface area contributed by atoms with Crippen LogP contribution in [0.4, 0.5) is 5.82 Å². The lowest BCUT2D eigenvalue weighted by molar-refractivity contribution is 0.432. The maximum absolute atomic E-state index is 12.3. The zero-order chi connectivity index (χ0) is 15.0. The third-order valence-electron chi connectivity index (χ3n) is 4.04. The Balaban J connectivity index is 1.73. The van der Waals surface area contributed by atoms with Gasteiger partial charge in [0, 0.05) is 37.9 Å². The Labute approximate surface area is 126 Å². The van der Waals surface area contributed by atoms with Crippen molar-refractivity contribution in [1.82, 2.24) is 14.3 Å². The van der Waals surface area contributed by atoms with E-state index in [4.69, 9.17) is 0 Å². The molecule has 3 rings (SSSR count). The average Bonchev–Trinajstić information content (AvgIpc) is 3.24. The molecule has 1 aromatic heterocycles. The number of rotatable bonds is 3. The largest absolute Gasteiger partial charge is 0.355 e. The number of anilines is 1. The number of sulfonamides is 1. The summed E-state index contributed by atoms with van der Waals surface area (Å²) in [5.74, 6) is 1.67. The minimum Gasteiger partial charge on any atom is -0.355 e. The highest BCUT2D eigenvalue weighted by atomic mass is 32.2. The third kappa shape index (κ3) is 3.18. The Hall–Kier alpha value is -1.21. The van der Waals surface area contributed by atoms with Crippen LogP contribution < -0.4 is 4.90 Å². The molecule has 7 heteroatoms. The lowest BCUT2D eigenvalue weighted by Crippen LogP contribution is -2.37. The van der Waals surface area contributed by atoms with Crippen LogP contribution in [0.15, 0.2) is 6.07 Å². The Kier molecular flexibility index (Phi) is 3.88. The van der Waals surface area contributed by atoms with Crippen molar-refractivity contribution >= 4 is 15.8 Å². The molecule has 0 radical (unpaired) electrons. The topological polar surface area (TPSA) is 66.4 Å². The van der Waals surface area contributed by atoms with E-state index < -0.39 is 10.0 Å². The maximum atomic E-state index is 12.3. The number of aryl methyl sites for hydroxylation is 2. The summed E-state index contributed by atoms with van der Waals surface area (Å²) in [6.45, 7) is 6.56. The molecule has 116 valence electrons. The first kappa shape index (κ1) is 14.7. The second-order valence-corrected chi connectivity index (χ2v) is 8.11. The lowest BCUT2D eigenvalue weighted by Gasteiger charge is -2.23. The highest BCUT2D eigenvalue weighted by Gasteiger charge is 2.40. The van der Waals surface area contributed by atoms with Gasteiger partial charge in [0.05, 0.1) is 5.25 Å². The molecule has 2 aliphatic rings. The first-order valence-corrected chi connectivity index (χ1v) is 9.03. The monoisotopic (exact) mass is 310 g/mol. The van der Waals surface area contributed by atoms with Gasteiger partial charge in [0.15, 0.2) is 0 Å². The summed E-state index contributed by atoms with van der Waals surface area (Å²) in [5.41, 5.74) is 0.948. The van der Waals surface area contributed by atoms with Crippen LogP contribution in [0, 0.1) is 13.8 Å². The third-order valence-corrected chi connectivity index (χ3v) is 6.44. The number of hydrogen-bond donors (Lipinski definition) is 0. The van der Waals surface area contributed by atoms with E-state index >= 15 is 0 Å². The van der Waals surface area contributed by atoms with E-state index in [1.165, 1.54) is 0 Å². The van der Waals surface area contributed by atoms with Crippen LogP contribution in [0.5, 0.6) is 0 Å². The molecule has 1 aliphatic carbocycles. The highest BCUT2D eigenvalue weighted by molar-refractivity contribution is 7.90. The van der Waals surface area contributed by atoms with Gasteiger partial charge in [-0.3, -0.25) is 0 Å². The van der Waals surface area contributed by atoms with Gasteiger partial charge in [-0.05, 0) is 33.1 Å². The molecular weight excluding hydrogens is 288 g/mol. The van der Waals surface area contributed by atoms with Crippen molar-refractivity contribution in [3.63, 3.8) is 0 Å². The van der Waals surface area contributed by atoms with Crippen molar-refractivity contribution in [2.75, 3.05) is 31.1 Å². The zero-order valence-corrected chi connectivity index (χ0v) is 13.4. The van der Waals surface area contributed by atoms with Crippen molar-refractivity contribution in [1.29, 1.82) is 0 Å². The second-order valence-electron chi connectivity index (χ2n) is 5.90. The first-order valence-electron chi connectivity index (χ1n) is 7.53. The summed E-state index contributed by atoms with van der Waals surface area (Å²) >= 11 is 0. The van der Waals surface area contributed by atoms with Gasteiger partial charge >= 0.3 is 0 Å². The molecule has 0 N–H and O–H groups in total. The summed E-state index contributed by atoms with van der Waals surface area (Å²) < 4.78 is 26.3. The molecule has 2 fully saturated rings. The predicted octanol–water partition coefficient (Wildman–Crippen LogP) is 1.10. The summed E-state index contributed by atoms with van der Waals surface area (Å²) in [6, 6.07) is 1.97. The molecular formula is C14H22N4O2S. The molecule has 0 atom stereocenters. The molecule has 0 spiro atoms. The highest BCUT2D eigenvalue weighted by Crippen LogP contribution is 2.31. The van der Waals surface area contributed by atoms with Crippen LogP contribution in [-0.4, -0.2) is 54.1 Å². The van der Waals surface area contributed by atoms with E-state index in [1.807, 2.05) is 19.9 Å². The molecule has 2 heterocycles. The summed E-state index contributed by atoms with van der Waals surface area (Å²) in [6.07, 6.45) is 2.49. The quantitative estimate of drug-likeness (QED) is 0.836. The standard InChI is InChI=1S/C14H22N4O2S/c1-11-10-14(16-12(2)15-11)17-6-3-7-18(9-8-17)21(19,20)13-4-5-13/h10,13H,3-9H2,1-2H3. The maximum Gasteiger partial charge on any atom is 0.217 e. The van der Waals surface area contributed by atoms with Gasteiger partial charge in [-0.15, -0.1) is 0 Å². The van der Waals surface area contributed by atoms with Gasteiger partial charge in [0.1, 0.15) is 11.6 Å². The Morgan fingerprint density at radius 3 is 2.52 bits per heavy atom. The second kappa shape index (κ2) is 5.53. The fourth-order valence-electron chi connectivity index (χ4n) is 2.81. The van der Waals surface area contributed by atoms with E-state index in [0.717, 1.165) is 43.1 Å². The molecule has 1 aromatic rings. The van der Waals surface area contributed by atoms with E-state index in [1.54, 1.807) is 4.31 Å². The van der Waals surface area contributed by atoms with Crippen LogP contribution >= 0.6 is 0 Å². The number of aromatic nitrogens is 2. The minimum absolute atomic E-state index is 0.118. The van der Waals surface area contributed by atoms with Gasteiger partial charge in [-0.1, -0.05) is 0 Å². The normalized spacial score (nSPS) is 21.3. The van der Waals surface area contributed by atoms with Crippen molar-refractivity contribution < 1.29 is 8.42 Å². The van der Waals surface area contributed by atoms with Crippen molar-refractivity contribution in [3.05, 3.63) is 17.6 Å². The molecule has 0 unspecified atom stereocenters. The Morgan fingerprint density at radius 1 is 1.10 bits per heavy atom. The van der Waals surface area contributed by atoms with E-state index in [0.29, 0.717) is 19.6 Å². The zero-order valence-electron chi connectivity index (χ0n) is 12.6. The van der Waals surface area contributed by atoms with E-state index in [2.05, 4.69) is 14.9 Å². The molecule has 6 nitrogen and oxygen atoms in total. The SMILES string of the molecule is Cc1cc(N2CCCN(S(=O)(=O)C3CC3)CC2)nc(C)n1. The van der Waals surface area contributed by atoms with Gasteiger partial charge in [0.25, 0.3) is 0 Å². The van der Waals surface area contributed by atoms with E-state index in [9.17, 15) is 8.42 Å². The Bertz CT molecular complexity index is 608. The predicted molar refractivity (Wildman–Crippen MR) is 81.9 cm³/mol. The lowest BCUT2D eigenvalue weighted by atomic mass is 10.3.